The van der Waals surface area contributed by atoms with Crippen LogP contribution in [0.3, 0.4) is 0 Å². The second-order valence-electron chi connectivity index (χ2n) is 3.99. The van der Waals surface area contributed by atoms with Crippen molar-refractivity contribution in [1.29, 1.82) is 0 Å². The van der Waals surface area contributed by atoms with Crippen LogP contribution in [-0.4, -0.2) is 32.0 Å². The second kappa shape index (κ2) is 6.38. The Kier molecular flexibility index (Phi) is 5.45. The van der Waals surface area contributed by atoms with Crippen LogP contribution < -0.4 is 5.73 Å². The topological polar surface area (TPSA) is 44.5 Å². The second-order valence-corrected chi connectivity index (χ2v) is 3.99. The van der Waals surface area contributed by atoms with Crippen molar-refractivity contribution in [3.63, 3.8) is 0 Å². The first-order valence-electron chi connectivity index (χ1n) is 5.75. The Hall–Kier alpha value is -0.120. The Balaban J connectivity index is 2.22. The first-order chi connectivity index (χ1) is 6.83. The maximum absolute atomic E-state index is 5.87. The highest BCUT2D eigenvalue weighted by Crippen LogP contribution is 2.30. The van der Waals surface area contributed by atoms with Crippen molar-refractivity contribution in [2.24, 2.45) is 5.73 Å². The number of rotatable bonds is 6. The van der Waals surface area contributed by atoms with Crippen LogP contribution in [0.1, 0.15) is 39.0 Å². The summed E-state index contributed by atoms with van der Waals surface area (Å²) in [6.45, 7) is 4.79. The van der Waals surface area contributed by atoms with E-state index in [9.17, 15) is 0 Å². The zero-order chi connectivity index (χ0) is 10.3. The normalized spacial score (nSPS) is 21.0. The smallest absolute Gasteiger partial charge is 0.0805 e. The van der Waals surface area contributed by atoms with Crippen molar-refractivity contribution in [1.82, 2.24) is 0 Å². The van der Waals surface area contributed by atoms with E-state index in [1.807, 2.05) is 6.92 Å². The van der Waals surface area contributed by atoms with Crippen molar-refractivity contribution >= 4 is 0 Å². The van der Waals surface area contributed by atoms with E-state index in [-0.39, 0.29) is 5.60 Å². The van der Waals surface area contributed by atoms with Gasteiger partial charge in [0.2, 0.25) is 0 Å². The van der Waals surface area contributed by atoms with Crippen LogP contribution in [0.25, 0.3) is 0 Å². The van der Waals surface area contributed by atoms with Crippen molar-refractivity contribution in [3.8, 4) is 0 Å². The molecule has 3 nitrogen and oxygen atoms in total. The van der Waals surface area contributed by atoms with E-state index in [4.69, 9.17) is 15.2 Å². The molecule has 0 spiro atoms. The minimum Gasteiger partial charge on any atom is -0.379 e. The first kappa shape index (κ1) is 12.0. The molecule has 84 valence electrons. The number of hydrogen-bond donors (Lipinski definition) is 1. The van der Waals surface area contributed by atoms with Crippen LogP contribution >= 0.6 is 0 Å². The van der Waals surface area contributed by atoms with E-state index in [0.29, 0.717) is 19.8 Å². The van der Waals surface area contributed by atoms with Crippen LogP contribution in [0.15, 0.2) is 0 Å². The Labute approximate surface area is 86.9 Å². The molecule has 0 aromatic heterocycles. The maximum Gasteiger partial charge on any atom is 0.0805 e. The summed E-state index contributed by atoms with van der Waals surface area (Å²) in [5, 5.41) is 0. The van der Waals surface area contributed by atoms with Gasteiger partial charge in [0.15, 0.2) is 0 Å². The van der Waals surface area contributed by atoms with Gasteiger partial charge in [0.25, 0.3) is 0 Å². The van der Waals surface area contributed by atoms with Gasteiger partial charge >= 0.3 is 0 Å². The Bertz CT molecular complexity index is 144. The number of nitrogens with two attached hydrogens (primary N) is 1. The SMILES string of the molecule is CCOCCOC1(CN)CCCCC1. The lowest BCUT2D eigenvalue weighted by atomic mass is 9.85. The average molecular weight is 201 g/mol. The summed E-state index contributed by atoms with van der Waals surface area (Å²) < 4.78 is 11.1. The molecule has 0 aliphatic heterocycles. The molecule has 0 radical (unpaired) electrons. The predicted molar refractivity (Wildman–Crippen MR) is 57.3 cm³/mol. The van der Waals surface area contributed by atoms with E-state index in [1.165, 1.54) is 19.3 Å². The highest BCUT2D eigenvalue weighted by atomic mass is 16.5. The lowest BCUT2D eigenvalue weighted by Gasteiger charge is -2.36. The van der Waals surface area contributed by atoms with Crippen molar-refractivity contribution in [2.45, 2.75) is 44.6 Å². The van der Waals surface area contributed by atoms with E-state index < -0.39 is 0 Å². The zero-order valence-electron chi connectivity index (χ0n) is 9.26. The Morgan fingerprint density at radius 2 is 1.86 bits per heavy atom. The summed E-state index contributed by atoms with van der Waals surface area (Å²) in [5.74, 6) is 0. The van der Waals surface area contributed by atoms with Gasteiger partial charge in [-0.2, -0.15) is 0 Å². The molecule has 1 saturated carbocycles. The number of hydrogen-bond acceptors (Lipinski definition) is 3. The highest BCUT2D eigenvalue weighted by Gasteiger charge is 2.31. The third kappa shape index (κ3) is 3.56. The largest absolute Gasteiger partial charge is 0.379 e. The van der Waals surface area contributed by atoms with Gasteiger partial charge in [0.1, 0.15) is 0 Å². The standard InChI is InChI=1S/C11H23NO2/c1-2-13-8-9-14-11(10-12)6-4-3-5-7-11/h2-10,12H2,1H3. The van der Waals surface area contributed by atoms with Crippen LogP contribution in [0, 0.1) is 0 Å². The fourth-order valence-corrected chi connectivity index (χ4v) is 2.06. The highest BCUT2D eigenvalue weighted by molar-refractivity contribution is 4.85. The molecule has 0 unspecified atom stereocenters. The molecular weight excluding hydrogens is 178 g/mol. The molecular formula is C11H23NO2. The van der Waals surface area contributed by atoms with Gasteiger partial charge in [0.05, 0.1) is 18.8 Å². The van der Waals surface area contributed by atoms with Gasteiger partial charge < -0.3 is 15.2 Å². The molecule has 0 heterocycles. The summed E-state index contributed by atoms with van der Waals surface area (Å²) in [4.78, 5) is 0. The molecule has 1 fully saturated rings. The summed E-state index contributed by atoms with van der Waals surface area (Å²) in [5.41, 5.74) is 5.75. The zero-order valence-corrected chi connectivity index (χ0v) is 9.26. The molecule has 0 atom stereocenters. The van der Waals surface area contributed by atoms with Gasteiger partial charge in [0, 0.05) is 13.2 Å². The lowest BCUT2D eigenvalue weighted by Crippen LogP contribution is -2.43. The van der Waals surface area contributed by atoms with Crippen LogP contribution in [0.4, 0.5) is 0 Å². The minimum atomic E-state index is -0.0324. The summed E-state index contributed by atoms with van der Waals surface area (Å²) in [7, 11) is 0. The van der Waals surface area contributed by atoms with Gasteiger partial charge in [-0.1, -0.05) is 19.3 Å². The average Bonchev–Trinajstić information content (AvgIpc) is 2.26. The molecule has 14 heavy (non-hydrogen) atoms. The molecule has 3 heteroatoms. The molecule has 1 aliphatic rings. The quantitative estimate of drug-likeness (QED) is 0.665. The minimum absolute atomic E-state index is 0.0324. The molecule has 0 aromatic rings. The third-order valence-corrected chi connectivity index (χ3v) is 2.98. The predicted octanol–water partition coefficient (Wildman–Crippen LogP) is 1.70. The number of ether oxygens (including phenoxy) is 2. The lowest BCUT2D eigenvalue weighted by molar-refractivity contribution is -0.0809. The third-order valence-electron chi connectivity index (χ3n) is 2.98. The van der Waals surface area contributed by atoms with Gasteiger partial charge in [-0.15, -0.1) is 0 Å². The van der Waals surface area contributed by atoms with Gasteiger partial charge in [-0.05, 0) is 19.8 Å². The van der Waals surface area contributed by atoms with Crippen molar-refractivity contribution in [3.05, 3.63) is 0 Å². The molecule has 1 aliphatic carbocycles. The van der Waals surface area contributed by atoms with Crippen molar-refractivity contribution < 1.29 is 9.47 Å². The van der Waals surface area contributed by atoms with Crippen molar-refractivity contribution in [2.75, 3.05) is 26.4 Å². The summed E-state index contributed by atoms with van der Waals surface area (Å²) in [6, 6.07) is 0. The molecule has 2 N–H and O–H groups in total. The van der Waals surface area contributed by atoms with Gasteiger partial charge in [-0.25, -0.2) is 0 Å². The van der Waals surface area contributed by atoms with E-state index in [0.717, 1.165) is 19.4 Å². The fourth-order valence-electron chi connectivity index (χ4n) is 2.06. The molecule has 0 aromatic carbocycles. The molecule has 0 bridgehead atoms. The molecule has 0 amide bonds. The van der Waals surface area contributed by atoms with Crippen LogP contribution in [0.5, 0.6) is 0 Å². The van der Waals surface area contributed by atoms with E-state index >= 15 is 0 Å². The first-order valence-corrected chi connectivity index (χ1v) is 5.75. The molecule has 0 saturated heterocycles. The molecule has 1 rings (SSSR count). The van der Waals surface area contributed by atoms with Crippen LogP contribution in [-0.2, 0) is 9.47 Å². The van der Waals surface area contributed by atoms with E-state index in [1.54, 1.807) is 0 Å². The Morgan fingerprint density at radius 1 is 1.14 bits per heavy atom. The van der Waals surface area contributed by atoms with E-state index in [2.05, 4.69) is 0 Å². The van der Waals surface area contributed by atoms with Gasteiger partial charge in [-0.3, -0.25) is 0 Å². The fraction of sp³-hybridized carbons (Fsp3) is 1.00. The summed E-state index contributed by atoms with van der Waals surface area (Å²) >= 11 is 0. The maximum atomic E-state index is 5.87. The Morgan fingerprint density at radius 3 is 2.43 bits per heavy atom. The monoisotopic (exact) mass is 201 g/mol. The van der Waals surface area contributed by atoms with Crippen LogP contribution in [0.2, 0.25) is 0 Å². The summed E-state index contributed by atoms with van der Waals surface area (Å²) in [6.07, 6.45) is 6.08.